The van der Waals surface area contributed by atoms with Crippen LogP contribution in [-0.4, -0.2) is 34.4 Å². The van der Waals surface area contributed by atoms with Crippen molar-refractivity contribution in [2.24, 2.45) is 23.7 Å². The smallest absolute Gasteiger partial charge is 0.307 e. The number of fused-ring (bicyclic) bond motifs is 5. The topological polar surface area (TPSA) is 87.1 Å². The molecule has 1 aliphatic heterocycles. The second-order valence-electron chi connectivity index (χ2n) is 4.36. The molecule has 5 nitrogen and oxygen atoms in total. The molecule has 1 heterocycles. The van der Waals surface area contributed by atoms with Crippen LogP contribution in [0.2, 0.25) is 0 Å². The van der Waals surface area contributed by atoms with E-state index in [9.17, 15) is 9.59 Å². The summed E-state index contributed by atoms with van der Waals surface area (Å²) in [5, 5.41) is 17.9. The van der Waals surface area contributed by atoms with Gasteiger partial charge in [-0.1, -0.05) is 0 Å². The maximum absolute atomic E-state index is 11.0. The fourth-order valence-electron chi connectivity index (χ4n) is 3.32. The van der Waals surface area contributed by atoms with Crippen LogP contribution in [0.15, 0.2) is 0 Å². The summed E-state index contributed by atoms with van der Waals surface area (Å²) in [6.45, 7) is 0. The van der Waals surface area contributed by atoms with Gasteiger partial charge in [0.1, 0.15) is 0 Å². The molecule has 1 saturated heterocycles. The van der Waals surface area contributed by atoms with Crippen LogP contribution < -0.4 is 0 Å². The molecule has 3 aliphatic rings. The minimum absolute atomic E-state index is 0.0386. The molecule has 14 heavy (non-hydrogen) atoms. The largest absolute Gasteiger partial charge is 0.481 e. The van der Waals surface area contributed by atoms with E-state index in [4.69, 9.17) is 14.9 Å². The van der Waals surface area contributed by atoms with Gasteiger partial charge in [0.05, 0.1) is 24.0 Å². The molecule has 0 aromatic carbocycles. The van der Waals surface area contributed by atoms with Crippen LogP contribution in [0.1, 0.15) is 6.42 Å². The first kappa shape index (κ1) is 8.23. The molecule has 2 bridgehead atoms. The highest BCUT2D eigenvalue weighted by Crippen LogP contribution is 2.61. The molecule has 2 aliphatic carbocycles. The fourth-order valence-corrected chi connectivity index (χ4v) is 3.32. The van der Waals surface area contributed by atoms with Crippen molar-refractivity contribution >= 4 is 11.9 Å². The molecule has 0 spiro atoms. The Labute approximate surface area is 79.7 Å². The highest BCUT2D eigenvalue weighted by Gasteiger charge is 2.70. The van der Waals surface area contributed by atoms with E-state index in [2.05, 4.69) is 0 Å². The molecule has 5 heteroatoms. The Morgan fingerprint density at radius 2 is 1.43 bits per heavy atom. The zero-order valence-electron chi connectivity index (χ0n) is 7.29. The second-order valence-corrected chi connectivity index (χ2v) is 4.36. The fraction of sp³-hybridized carbons (Fsp3) is 0.778. The molecule has 2 N–H and O–H groups in total. The van der Waals surface area contributed by atoms with Crippen molar-refractivity contribution in [2.75, 3.05) is 0 Å². The quantitative estimate of drug-likeness (QED) is 0.600. The van der Waals surface area contributed by atoms with Gasteiger partial charge < -0.3 is 14.9 Å². The number of hydrogen-bond acceptors (Lipinski definition) is 3. The standard InChI is InChI=1S/C9H10O5/c10-8(11)4-2-1-3(5(4)9(12)13)7-6(2)14-7/h2-7H,1H2,(H,10,11)(H,12,13)/t2-,3+,4-,5+,6-,7-/m1/s1. The summed E-state index contributed by atoms with van der Waals surface area (Å²) in [6, 6.07) is 0. The van der Waals surface area contributed by atoms with Crippen molar-refractivity contribution in [3.8, 4) is 0 Å². The lowest BCUT2D eigenvalue weighted by molar-refractivity contribution is -0.155. The van der Waals surface area contributed by atoms with Crippen LogP contribution in [0, 0.1) is 23.7 Å². The molecule has 6 atom stereocenters. The summed E-state index contributed by atoms with van der Waals surface area (Å²) in [7, 11) is 0. The SMILES string of the molecule is O=C(O)[C@@H]1[C@H]2C[C@H]([C@H]3O[C@H]23)[C@@H]1C(=O)O. The number of epoxide rings is 1. The van der Waals surface area contributed by atoms with Gasteiger partial charge >= 0.3 is 11.9 Å². The summed E-state index contributed by atoms with van der Waals surface area (Å²) < 4.78 is 5.27. The number of carboxylic acid groups (broad SMARTS) is 2. The first-order valence-corrected chi connectivity index (χ1v) is 4.72. The predicted molar refractivity (Wildman–Crippen MR) is 42.5 cm³/mol. The summed E-state index contributed by atoms with van der Waals surface area (Å²) in [5.41, 5.74) is 0. The Morgan fingerprint density at radius 3 is 1.79 bits per heavy atom. The van der Waals surface area contributed by atoms with Crippen LogP contribution >= 0.6 is 0 Å². The van der Waals surface area contributed by atoms with Gasteiger partial charge in [0.25, 0.3) is 0 Å². The Hall–Kier alpha value is -1.10. The van der Waals surface area contributed by atoms with E-state index in [1.807, 2.05) is 0 Å². The lowest BCUT2D eigenvalue weighted by Gasteiger charge is -2.21. The van der Waals surface area contributed by atoms with Gasteiger partial charge in [0.2, 0.25) is 0 Å². The lowest BCUT2D eigenvalue weighted by atomic mass is 9.79. The zero-order valence-corrected chi connectivity index (χ0v) is 7.29. The Morgan fingerprint density at radius 1 is 1.00 bits per heavy atom. The number of carboxylic acids is 2. The van der Waals surface area contributed by atoms with E-state index in [1.165, 1.54) is 0 Å². The monoisotopic (exact) mass is 198 g/mol. The molecule has 0 radical (unpaired) electrons. The summed E-state index contributed by atoms with van der Waals surface area (Å²) >= 11 is 0. The molecule has 0 aromatic rings. The van der Waals surface area contributed by atoms with Crippen molar-refractivity contribution in [3.63, 3.8) is 0 Å². The van der Waals surface area contributed by atoms with Crippen LogP contribution in [0.4, 0.5) is 0 Å². The Bertz CT molecular complexity index is 295. The first-order valence-electron chi connectivity index (χ1n) is 4.72. The molecule has 76 valence electrons. The normalized spacial score (nSPS) is 52.9. The summed E-state index contributed by atoms with van der Waals surface area (Å²) in [6.07, 6.45) is 0.789. The average molecular weight is 198 g/mol. The third-order valence-corrected chi connectivity index (χ3v) is 3.83. The highest BCUT2D eigenvalue weighted by atomic mass is 16.6. The third kappa shape index (κ3) is 0.785. The van der Waals surface area contributed by atoms with E-state index in [-0.39, 0.29) is 24.0 Å². The van der Waals surface area contributed by atoms with Crippen LogP contribution in [-0.2, 0) is 14.3 Å². The molecule has 2 saturated carbocycles. The van der Waals surface area contributed by atoms with Crippen molar-refractivity contribution in [2.45, 2.75) is 18.6 Å². The molecule has 0 aromatic heterocycles. The van der Waals surface area contributed by atoms with E-state index < -0.39 is 23.8 Å². The molecule has 0 unspecified atom stereocenters. The second kappa shape index (κ2) is 2.28. The zero-order chi connectivity index (χ0) is 10.0. The van der Waals surface area contributed by atoms with Gasteiger partial charge in [-0.2, -0.15) is 0 Å². The van der Waals surface area contributed by atoms with Crippen LogP contribution in [0.5, 0.6) is 0 Å². The van der Waals surface area contributed by atoms with Crippen LogP contribution in [0.25, 0.3) is 0 Å². The third-order valence-electron chi connectivity index (χ3n) is 3.83. The Balaban J connectivity index is 1.95. The van der Waals surface area contributed by atoms with Crippen molar-refractivity contribution in [3.05, 3.63) is 0 Å². The van der Waals surface area contributed by atoms with E-state index >= 15 is 0 Å². The van der Waals surface area contributed by atoms with Crippen molar-refractivity contribution in [1.82, 2.24) is 0 Å². The number of ether oxygens (including phenoxy) is 1. The number of hydrogen-bond donors (Lipinski definition) is 2. The Kier molecular flexibility index (Phi) is 1.34. The van der Waals surface area contributed by atoms with Gasteiger partial charge in [-0.3, -0.25) is 9.59 Å². The first-order chi connectivity index (χ1) is 6.61. The lowest BCUT2D eigenvalue weighted by Crippen LogP contribution is -2.37. The average Bonchev–Trinajstić information content (AvgIpc) is 2.71. The molecular formula is C9H10O5. The highest BCUT2D eigenvalue weighted by molar-refractivity contribution is 5.82. The van der Waals surface area contributed by atoms with Crippen molar-refractivity contribution in [1.29, 1.82) is 0 Å². The molecule has 3 fully saturated rings. The minimum atomic E-state index is -0.987. The summed E-state index contributed by atoms with van der Waals surface area (Å²) in [4.78, 5) is 21.9. The van der Waals surface area contributed by atoms with Gasteiger partial charge in [-0.25, -0.2) is 0 Å². The van der Waals surface area contributed by atoms with E-state index in [0.29, 0.717) is 6.42 Å². The number of aliphatic carboxylic acids is 2. The van der Waals surface area contributed by atoms with Crippen molar-refractivity contribution < 1.29 is 24.5 Å². The number of carbonyl (C=O) groups is 2. The molecule has 3 rings (SSSR count). The maximum Gasteiger partial charge on any atom is 0.307 e. The maximum atomic E-state index is 11.0. The molecular weight excluding hydrogens is 188 g/mol. The molecule has 0 amide bonds. The van der Waals surface area contributed by atoms with Gasteiger partial charge in [0.15, 0.2) is 0 Å². The van der Waals surface area contributed by atoms with Gasteiger partial charge in [0, 0.05) is 11.8 Å². The van der Waals surface area contributed by atoms with Gasteiger partial charge in [-0.15, -0.1) is 0 Å². The predicted octanol–water partition coefficient (Wildman–Crippen LogP) is -0.195. The van der Waals surface area contributed by atoms with Gasteiger partial charge in [-0.05, 0) is 6.42 Å². The number of rotatable bonds is 2. The summed E-state index contributed by atoms with van der Waals surface area (Å²) in [5.74, 6) is -3.58. The minimum Gasteiger partial charge on any atom is -0.481 e. The van der Waals surface area contributed by atoms with E-state index in [0.717, 1.165) is 0 Å². The van der Waals surface area contributed by atoms with E-state index in [1.54, 1.807) is 0 Å². The van der Waals surface area contributed by atoms with Crippen LogP contribution in [0.3, 0.4) is 0 Å².